The van der Waals surface area contributed by atoms with Crippen LogP contribution in [-0.2, 0) is 14.2 Å². The summed E-state index contributed by atoms with van der Waals surface area (Å²) in [6, 6.07) is 3.75. The molecule has 7 heteroatoms. The lowest BCUT2D eigenvalue weighted by Gasteiger charge is -2.44. The van der Waals surface area contributed by atoms with Gasteiger partial charge in [-0.25, -0.2) is 0 Å². The molecule has 2 aliphatic rings. The van der Waals surface area contributed by atoms with Gasteiger partial charge in [0.2, 0.25) is 0 Å². The van der Waals surface area contributed by atoms with Gasteiger partial charge >= 0.3 is 0 Å². The Labute approximate surface area is 107 Å². The van der Waals surface area contributed by atoms with Crippen molar-refractivity contribution >= 4 is 11.3 Å². The summed E-state index contributed by atoms with van der Waals surface area (Å²) < 4.78 is 16.2. The number of ether oxygens (including phenoxy) is 3. The summed E-state index contributed by atoms with van der Waals surface area (Å²) in [5.74, 6) is 0. The van der Waals surface area contributed by atoms with Gasteiger partial charge in [0, 0.05) is 0 Å². The number of aliphatic hydroxyl groups is 3. The molecule has 0 spiro atoms. The summed E-state index contributed by atoms with van der Waals surface area (Å²) in [6.07, 6.45) is -5.81. The average Bonchev–Trinajstić information content (AvgIpc) is 2.90. The minimum Gasteiger partial charge on any atom is -0.387 e. The van der Waals surface area contributed by atoms with Crippen molar-refractivity contribution < 1.29 is 29.5 Å². The van der Waals surface area contributed by atoms with Crippen molar-refractivity contribution in [2.24, 2.45) is 0 Å². The molecular formula is C11H14O6S. The topological polar surface area (TPSA) is 88.4 Å². The third kappa shape index (κ3) is 2.08. The molecule has 2 aliphatic heterocycles. The van der Waals surface area contributed by atoms with Gasteiger partial charge < -0.3 is 29.5 Å². The average molecular weight is 274 g/mol. The van der Waals surface area contributed by atoms with Crippen LogP contribution in [0.3, 0.4) is 0 Å². The minimum absolute atomic E-state index is 0.202. The highest BCUT2D eigenvalue weighted by molar-refractivity contribution is 7.10. The summed E-state index contributed by atoms with van der Waals surface area (Å²) in [5, 5.41) is 30.7. The van der Waals surface area contributed by atoms with E-state index in [4.69, 9.17) is 14.2 Å². The SMILES string of the molecule is OC1OC2COC(c3cccs3)OC2C(O)C1O. The maximum Gasteiger partial charge on any atom is 0.193 e. The molecule has 2 saturated heterocycles. The van der Waals surface area contributed by atoms with Crippen molar-refractivity contribution in [1.29, 1.82) is 0 Å². The molecule has 0 amide bonds. The van der Waals surface area contributed by atoms with E-state index in [0.717, 1.165) is 4.88 Å². The Morgan fingerprint density at radius 3 is 2.72 bits per heavy atom. The smallest absolute Gasteiger partial charge is 0.193 e. The lowest BCUT2D eigenvalue weighted by Crippen LogP contribution is -2.61. The van der Waals surface area contributed by atoms with E-state index in [0.29, 0.717) is 0 Å². The molecule has 2 fully saturated rings. The van der Waals surface area contributed by atoms with E-state index in [2.05, 4.69) is 0 Å². The molecule has 3 rings (SSSR count). The molecule has 3 heterocycles. The summed E-state index contributed by atoms with van der Waals surface area (Å²) in [7, 11) is 0. The fourth-order valence-electron chi connectivity index (χ4n) is 2.16. The second-order valence-electron chi connectivity index (χ2n) is 4.33. The first-order chi connectivity index (χ1) is 8.66. The summed E-state index contributed by atoms with van der Waals surface area (Å²) in [5.41, 5.74) is 0. The van der Waals surface area contributed by atoms with Crippen LogP contribution in [0.5, 0.6) is 0 Å². The van der Waals surface area contributed by atoms with Gasteiger partial charge in [-0.15, -0.1) is 11.3 Å². The Morgan fingerprint density at radius 1 is 1.17 bits per heavy atom. The lowest BCUT2D eigenvalue weighted by molar-refractivity contribution is -0.354. The Morgan fingerprint density at radius 2 is 2.00 bits per heavy atom. The number of fused-ring (bicyclic) bond motifs is 1. The van der Waals surface area contributed by atoms with Crippen molar-refractivity contribution in [2.75, 3.05) is 6.61 Å². The molecule has 0 radical (unpaired) electrons. The van der Waals surface area contributed by atoms with Crippen LogP contribution in [0.4, 0.5) is 0 Å². The first kappa shape index (κ1) is 12.5. The van der Waals surface area contributed by atoms with Crippen LogP contribution in [0.25, 0.3) is 0 Å². The number of rotatable bonds is 1. The highest BCUT2D eigenvalue weighted by atomic mass is 32.1. The van der Waals surface area contributed by atoms with Crippen molar-refractivity contribution in [1.82, 2.24) is 0 Å². The molecule has 0 saturated carbocycles. The summed E-state index contributed by atoms with van der Waals surface area (Å²) in [6.45, 7) is 0.202. The van der Waals surface area contributed by atoms with E-state index in [1.807, 2.05) is 17.5 Å². The Balaban J connectivity index is 1.75. The van der Waals surface area contributed by atoms with Crippen molar-refractivity contribution in [3.8, 4) is 0 Å². The highest BCUT2D eigenvalue weighted by Crippen LogP contribution is 2.34. The van der Waals surface area contributed by atoms with Crippen LogP contribution >= 0.6 is 11.3 Å². The van der Waals surface area contributed by atoms with Gasteiger partial charge in [-0.05, 0) is 11.4 Å². The molecule has 6 atom stereocenters. The fraction of sp³-hybridized carbons (Fsp3) is 0.636. The molecule has 0 bridgehead atoms. The van der Waals surface area contributed by atoms with Gasteiger partial charge in [-0.2, -0.15) is 0 Å². The Bertz CT molecular complexity index is 394. The monoisotopic (exact) mass is 274 g/mol. The van der Waals surface area contributed by atoms with E-state index in [9.17, 15) is 15.3 Å². The Kier molecular flexibility index (Phi) is 3.37. The van der Waals surface area contributed by atoms with Crippen LogP contribution in [0, 0.1) is 0 Å². The molecule has 0 aromatic carbocycles. The molecule has 0 aliphatic carbocycles. The number of aliphatic hydroxyl groups excluding tert-OH is 3. The number of hydrogen-bond donors (Lipinski definition) is 3. The zero-order chi connectivity index (χ0) is 12.7. The fourth-order valence-corrected chi connectivity index (χ4v) is 2.87. The second kappa shape index (κ2) is 4.86. The predicted molar refractivity (Wildman–Crippen MR) is 60.8 cm³/mol. The van der Waals surface area contributed by atoms with Crippen molar-refractivity contribution in [2.45, 2.75) is 37.0 Å². The van der Waals surface area contributed by atoms with Crippen molar-refractivity contribution in [3.05, 3.63) is 22.4 Å². The van der Waals surface area contributed by atoms with Gasteiger partial charge in [0.25, 0.3) is 0 Å². The van der Waals surface area contributed by atoms with Gasteiger partial charge in [-0.1, -0.05) is 6.07 Å². The highest BCUT2D eigenvalue weighted by Gasteiger charge is 2.48. The molecule has 1 aromatic rings. The van der Waals surface area contributed by atoms with E-state index in [1.165, 1.54) is 11.3 Å². The Hall–Kier alpha value is -0.540. The van der Waals surface area contributed by atoms with Gasteiger partial charge in [-0.3, -0.25) is 0 Å². The van der Waals surface area contributed by atoms with Crippen LogP contribution < -0.4 is 0 Å². The molecule has 18 heavy (non-hydrogen) atoms. The third-order valence-corrected chi connectivity index (χ3v) is 4.02. The van der Waals surface area contributed by atoms with E-state index in [1.54, 1.807) is 0 Å². The van der Waals surface area contributed by atoms with Crippen LogP contribution in [0.2, 0.25) is 0 Å². The molecule has 100 valence electrons. The molecular weight excluding hydrogens is 260 g/mol. The van der Waals surface area contributed by atoms with E-state index >= 15 is 0 Å². The van der Waals surface area contributed by atoms with Crippen LogP contribution in [0.1, 0.15) is 11.2 Å². The largest absolute Gasteiger partial charge is 0.387 e. The van der Waals surface area contributed by atoms with Gasteiger partial charge in [0.15, 0.2) is 12.6 Å². The van der Waals surface area contributed by atoms with Gasteiger partial charge in [0.1, 0.15) is 24.4 Å². The lowest BCUT2D eigenvalue weighted by atomic mass is 9.98. The van der Waals surface area contributed by atoms with E-state index in [-0.39, 0.29) is 6.61 Å². The number of thiophene rings is 1. The van der Waals surface area contributed by atoms with Crippen molar-refractivity contribution in [3.63, 3.8) is 0 Å². The minimum atomic E-state index is -1.41. The molecule has 6 unspecified atom stereocenters. The maximum atomic E-state index is 9.89. The standard InChI is InChI=1S/C11H14O6S/c12-7-8(13)10(14)16-5-4-15-11(17-9(5)7)6-2-1-3-18-6/h1-3,5,7-14H,4H2. The maximum absolute atomic E-state index is 9.89. The zero-order valence-electron chi connectivity index (χ0n) is 9.38. The summed E-state index contributed by atoms with van der Waals surface area (Å²) in [4.78, 5) is 0.890. The molecule has 3 N–H and O–H groups in total. The first-order valence-electron chi connectivity index (χ1n) is 5.67. The molecule has 6 nitrogen and oxygen atoms in total. The third-order valence-electron chi connectivity index (χ3n) is 3.13. The van der Waals surface area contributed by atoms with E-state index < -0.39 is 37.0 Å². The van der Waals surface area contributed by atoms with Gasteiger partial charge in [0.05, 0.1) is 11.5 Å². The number of hydrogen-bond acceptors (Lipinski definition) is 7. The second-order valence-corrected chi connectivity index (χ2v) is 5.31. The quantitative estimate of drug-likeness (QED) is 0.646. The predicted octanol–water partition coefficient (Wildman–Crippen LogP) is -0.399. The molecule has 1 aromatic heterocycles. The first-order valence-corrected chi connectivity index (χ1v) is 6.55. The van der Waals surface area contributed by atoms with Crippen LogP contribution in [-0.4, -0.2) is 52.6 Å². The zero-order valence-corrected chi connectivity index (χ0v) is 10.2. The normalized spacial score (nSPS) is 44.6. The summed E-state index contributed by atoms with van der Waals surface area (Å²) >= 11 is 1.49. The van der Waals surface area contributed by atoms with Crippen LogP contribution in [0.15, 0.2) is 17.5 Å².